The summed E-state index contributed by atoms with van der Waals surface area (Å²) in [4.78, 5) is 11.4. The maximum atomic E-state index is 11.4. The SMILES string of the molecule is O=C1CCCC2(CCCCCC2)C1. The minimum Gasteiger partial charge on any atom is -0.300 e. The molecule has 0 amide bonds. The zero-order chi connectivity index (χ0) is 9.15. The van der Waals surface area contributed by atoms with Crippen molar-refractivity contribution in [3.63, 3.8) is 0 Å². The van der Waals surface area contributed by atoms with Crippen LogP contribution in [0.15, 0.2) is 0 Å². The summed E-state index contributed by atoms with van der Waals surface area (Å²) in [5.41, 5.74) is 0.464. The Morgan fingerprint density at radius 2 is 1.46 bits per heavy atom. The summed E-state index contributed by atoms with van der Waals surface area (Å²) in [5, 5.41) is 0. The molecule has 0 atom stereocenters. The largest absolute Gasteiger partial charge is 0.300 e. The predicted molar refractivity (Wildman–Crippen MR) is 53.6 cm³/mol. The summed E-state index contributed by atoms with van der Waals surface area (Å²) in [6.07, 6.45) is 12.5. The van der Waals surface area contributed by atoms with Crippen LogP contribution in [0.5, 0.6) is 0 Å². The van der Waals surface area contributed by atoms with Crippen molar-refractivity contribution in [1.29, 1.82) is 0 Å². The molecular weight excluding hydrogens is 160 g/mol. The van der Waals surface area contributed by atoms with E-state index in [1.165, 1.54) is 51.4 Å². The Morgan fingerprint density at radius 1 is 0.846 bits per heavy atom. The monoisotopic (exact) mass is 180 g/mol. The quantitative estimate of drug-likeness (QED) is 0.558. The van der Waals surface area contributed by atoms with Crippen molar-refractivity contribution in [2.75, 3.05) is 0 Å². The van der Waals surface area contributed by atoms with Gasteiger partial charge in [0.1, 0.15) is 5.78 Å². The van der Waals surface area contributed by atoms with Crippen molar-refractivity contribution in [1.82, 2.24) is 0 Å². The Balaban J connectivity index is 2.02. The normalized spacial score (nSPS) is 28.8. The first kappa shape index (κ1) is 9.23. The van der Waals surface area contributed by atoms with E-state index in [-0.39, 0.29) is 0 Å². The Morgan fingerprint density at radius 3 is 2.08 bits per heavy atom. The van der Waals surface area contributed by atoms with Gasteiger partial charge in [-0.1, -0.05) is 25.7 Å². The summed E-state index contributed by atoms with van der Waals surface area (Å²) in [7, 11) is 0. The van der Waals surface area contributed by atoms with E-state index in [4.69, 9.17) is 0 Å². The van der Waals surface area contributed by atoms with Crippen LogP contribution >= 0.6 is 0 Å². The average Bonchev–Trinajstić information content (AvgIpc) is 2.31. The summed E-state index contributed by atoms with van der Waals surface area (Å²) < 4.78 is 0. The van der Waals surface area contributed by atoms with Gasteiger partial charge in [0.25, 0.3) is 0 Å². The van der Waals surface area contributed by atoms with E-state index >= 15 is 0 Å². The lowest BCUT2D eigenvalue weighted by Crippen LogP contribution is -2.28. The molecule has 0 radical (unpaired) electrons. The molecule has 0 aromatic rings. The molecule has 2 saturated carbocycles. The zero-order valence-electron chi connectivity index (χ0n) is 8.48. The van der Waals surface area contributed by atoms with Crippen LogP contribution in [-0.2, 0) is 4.79 Å². The van der Waals surface area contributed by atoms with Crippen molar-refractivity contribution in [2.45, 2.75) is 64.2 Å². The van der Waals surface area contributed by atoms with Gasteiger partial charge in [-0.3, -0.25) is 4.79 Å². The van der Waals surface area contributed by atoms with Crippen LogP contribution in [0, 0.1) is 5.41 Å². The van der Waals surface area contributed by atoms with Gasteiger partial charge in [0.2, 0.25) is 0 Å². The fraction of sp³-hybridized carbons (Fsp3) is 0.917. The van der Waals surface area contributed by atoms with Crippen LogP contribution in [0.25, 0.3) is 0 Å². The molecule has 1 heteroatoms. The molecule has 0 saturated heterocycles. The third kappa shape index (κ3) is 2.12. The Kier molecular flexibility index (Phi) is 2.71. The van der Waals surface area contributed by atoms with Gasteiger partial charge in [-0.15, -0.1) is 0 Å². The average molecular weight is 180 g/mol. The van der Waals surface area contributed by atoms with Crippen LogP contribution in [0.1, 0.15) is 64.2 Å². The van der Waals surface area contributed by atoms with Crippen LogP contribution in [-0.4, -0.2) is 5.78 Å². The second-order valence-electron chi connectivity index (χ2n) is 4.98. The van der Waals surface area contributed by atoms with Gasteiger partial charge in [-0.25, -0.2) is 0 Å². The highest BCUT2D eigenvalue weighted by molar-refractivity contribution is 5.79. The predicted octanol–water partition coefficient (Wildman–Crippen LogP) is 3.47. The molecule has 13 heavy (non-hydrogen) atoms. The summed E-state index contributed by atoms with van der Waals surface area (Å²) in [6, 6.07) is 0. The van der Waals surface area contributed by atoms with Crippen LogP contribution < -0.4 is 0 Å². The standard InChI is InChI=1S/C12H20O/c13-11-6-5-9-12(10-11)7-3-1-2-4-8-12/h1-10H2. The summed E-state index contributed by atoms with van der Waals surface area (Å²) in [6.45, 7) is 0. The molecule has 0 bridgehead atoms. The van der Waals surface area contributed by atoms with Crippen LogP contribution in [0.2, 0.25) is 0 Å². The number of ketones is 1. The molecule has 0 aliphatic heterocycles. The number of rotatable bonds is 0. The smallest absolute Gasteiger partial charge is 0.133 e. The molecule has 0 aromatic heterocycles. The first-order chi connectivity index (χ1) is 6.31. The minimum absolute atomic E-state index is 0.464. The molecule has 74 valence electrons. The lowest BCUT2D eigenvalue weighted by Gasteiger charge is -2.35. The van der Waals surface area contributed by atoms with Gasteiger partial charge < -0.3 is 0 Å². The number of hydrogen-bond donors (Lipinski definition) is 0. The fourth-order valence-corrected chi connectivity index (χ4v) is 3.16. The third-order valence-corrected chi connectivity index (χ3v) is 3.90. The molecular formula is C12H20O. The van der Waals surface area contributed by atoms with E-state index in [1.54, 1.807) is 0 Å². The van der Waals surface area contributed by atoms with Gasteiger partial charge in [0.05, 0.1) is 0 Å². The molecule has 1 spiro atoms. The maximum Gasteiger partial charge on any atom is 0.133 e. The lowest BCUT2D eigenvalue weighted by molar-refractivity contribution is -0.124. The topological polar surface area (TPSA) is 17.1 Å². The Hall–Kier alpha value is -0.330. The van der Waals surface area contributed by atoms with Gasteiger partial charge in [-0.2, -0.15) is 0 Å². The Labute approximate surface area is 80.9 Å². The first-order valence-electron chi connectivity index (χ1n) is 5.83. The highest BCUT2D eigenvalue weighted by Gasteiger charge is 2.35. The zero-order valence-corrected chi connectivity index (χ0v) is 8.48. The van der Waals surface area contributed by atoms with Crippen molar-refractivity contribution in [2.24, 2.45) is 5.41 Å². The molecule has 0 heterocycles. The molecule has 2 aliphatic rings. The van der Waals surface area contributed by atoms with Gasteiger partial charge >= 0.3 is 0 Å². The Bertz CT molecular complexity index is 187. The molecule has 0 aromatic carbocycles. The van der Waals surface area contributed by atoms with Crippen LogP contribution in [0.4, 0.5) is 0 Å². The number of carbonyl (C=O) groups is 1. The molecule has 2 aliphatic carbocycles. The summed E-state index contributed by atoms with van der Waals surface area (Å²) >= 11 is 0. The molecule has 0 N–H and O–H groups in total. The van der Waals surface area contributed by atoms with E-state index in [0.717, 1.165) is 12.8 Å². The van der Waals surface area contributed by atoms with E-state index in [9.17, 15) is 4.79 Å². The second-order valence-corrected chi connectivity index (χ2v) is 4.98. The number of carbonyl (C=O) groups excluding carboxylic acids is 1. The molecule has 1 nitrogen and oxygen atoms in total. The van der Waals surface area contributed by atoms with E-state index in [0.29, 0.717) is 11.2 Å². The first-order valence-corrected chi connectivity index (χ1v) is 5.83. The van der Waals surface area contributed by atoms with Gasteiger partial charge in [-0.05, 0) is 31.1 Å². The highest BCUT2D eigenvalue weighted by atomic mass is 16.1. The van der Waals surface area contributed by atoms with E-state index in [1.807, 2.05) is 0 Å². The fourth-order valence-electron chi connectivity index (χ4n) is 3.16. The number of hydrogen-bond acceptors (Lipinski definition) is 1. The van der Waals surface area contributed by atoms with Crippen molar-refractivity contribution < 1.29 is 4.79 Å². The van der Waals surface area contributed by atoms with E-state index < -0.39 is 0 Å². The molecule has 2 rings (SSSR count). The van der Waals surface area contributed by atoms with Gasteiger partial charge in [0, 0.05) is 12.8 Å². The minimum atomic E-state index is 0.464. The van der Waals surface area contributed by atoms with Crippen molar-refractivity contribution >= 4 is 5.78 Å². The molecule has 0 unspecified atom stereocenters. The maximum absolute atomic E-state index is 11.4. The highest BCUT2D eigenvalue weighted by Crippen LogP contribution is 2.45. The van der Waals surface area contributed by atoms with Gasteiger partial charge in [0.15, 0.2) is 0 Å². The second kappa shape index (κ2) is 3.81. The molecule has 2 fully saturated rings. The lowest BCUT2D eigenvalue weighted by atomic mass is 9.69. The van der Waals surface area contributed by atoms with E-state index in [2.05, 4.69) is 0 Å². The number of Topliss-reactive ketones (excluding diaryl/α,β-unsaturated/α-hetero) is 1. The van der Waals surface area contributed by atoms with Crippen molar-refractivity contribution in [3.8, 4) is 0 Å². The third-order valence-electron chi connectivity index (χ3n) is 3.90. The van der Waals surface area contributed by atoms with Crippen molar-refractivity contribution in [3.05, 3.63) is 0 Å². The van der Waals surface area contributed by atoms with Crippen LogP contribution in [0.3, 0.4) is 0 Å². The summed E-state index contributed by atoms with van der Waals surface area (Å²) in [5.74, 6) is 0.535.